The Morgan fingerprint density at radius 2 is 2.00 bits per heavy atom. The van der Waals surface area contributed by atoms with Gasteiger partial charge in [-0.05, 0) is 50.8 Å². The molecule has 1 fully saturated rings. The van der Waals surface area contributed by atoms with Gasteiger partial charge in [0, 0.05) is 32.3 Å². The standard InChI is InChI=1S/C17H28N2O/c1-13-4-5-14(2)16(10-13)17(18)12-19(3)11-15-6-8-20-9-7-15/h4-5,10,15,17H,6-9,11-12,18H2,1-3H3. The van der Waals surface area contributed by atoms with E-state index in [0.29, 0.717) is 0 Å². The van der Waals surface area contributed by atoms with Crippen LogP contribution < -0.4 is 5.73 Å². The van der Waals surface area contributed by atoms with Crippen molar-refractivity contribution in [1.82, 2.24) is 4.90 Å². The first kappa shape index (κ1) is 15.5. The van der Waals surface area contributed by atoms with Crippen molar-refractivity contribution >= 4 is 0 Å². The van der Waals surface area contributed by atoms with Crippen molar-refractivity contribution in [1.29, 1.82) is 0 Å². The first-order valence-corrected chi connectivity index (χ1v) is 7.65. The second-order valence-electron chi connectivity index (χ2n) is 6.24. The monoisotopic (exact) mass is 276 g/mol. The molecule has 1 saturated heterocycles. The molecule has 112 valence electrons. The van der Waals surface area contributed by atoms with Crippen LogP contribution in [0.1, 0.15) is 35.6 Å². The van der Waals surface area contributed by atoms with Crippen LogP contribution in [0.15, 0.2) is 18.2 Å². The quantitative estimate of drug-likeness (QED) is 0.898. The van der Waals surface area contributed by atoms with E-state index < -0.39 is 0 Å². The van der Waals surface area contributed by atoms with Crippen LogP contribution in [0.4, 0.5) is 0 Å². The maximum atomic E-state index is 6.40. The predicted octanol–water partition coefficient (Wildman–Crippen LogP) is 2.66. The third-order valence-electron chi connectivity index (χ3n) is 4.25. The summed E-state index contributed by atoms with van der Waals surface area (Å²) in [5, 5.41) is 0. The number of rotatable bonds is 5. The maximum absolute atomic E-state index is 6.40. The fraction of sp³-hybridized carbons (Fsp3) is 0.647. The molecule has 1 aromatic carbocycles. The SMILES string of the molecule is Cc1ccc(C)c(C(N)CN(C)CC2CCOCC2)c1. The summed E-state index contributed by atoms with van der Waals surface area (Å²) in [4.78, 5) is 2.38. The summed E-state index contributed by atoms with van der Waals surface area (Å²) in [7, 11) is 2.18. The minimum Gasteiger partial charge on any atom is -0.381 e. The van der Waals surface area contributed by atoms with Crippen molar-refractivity contribution in [2.75, 3.05) is 33.4 Å². The fourth-order valence-electron chi connectivity index (χ4n) is 3.04. The molecular weight excluding hydrogens is 248 g/mol. The summed E-state index contributed by atoms with van der Waals surface area (Å²) in [5.74, 6) is 0.763. The molecule has 2 rings (SSSR count). The molecule has 1 aliphatic heterocycles. The molecule has 0 saturated carbocycles. The number of nitrogens with two attached hydrogens (primary N) is 1. The van der Waals surface area contributed by atoms with Gasteiger partial charge in [0.1, 0.15) is 0 Å². The van der Waals surface area contributed by atoms with Crippen molar-refractivity contribution < 1.29 is 4.74 Å². The van der Waals surface area contributed by atoms with Crippen molar-refractivity contribution in [3.05, 3.63) is 34.9 Å². The Morgan fingerprint density at radius 3 is 2.70 bits per heavy atom. The van der Waals surface area contributed by atoms with E-state index in [1.165, 1.54) is 29.5 Å². The number of hydrogen-bond acceptors (Lipinski definition) is 3. The molecule has 0 bridgehead atoms. The predicted molar refractivity (Wildman–Crippen MR) is 83.9 cm³/mol. The summed E-state index contributed by atoms with van der Waals surface area (Å²) < 4.78 is 5.42. The average molecular weight is 276 g/mol. The number of benzene rings is 1. The fourth-order valence-corrected chi connectivity index (χ4v) is 3.04. The van der Waals surface area contributed by atoms with E-state index in [1.807, 2.05) is 0 Å². The molecule has 20 heavy (non-hydrogen) atoms. The zero-order valence-corrected chi connectivity index (χ0v) is 13.1. The molecule has 1 aliphatic rings. The van der Waals surface area contributed by atoms with Gasteiger partial charge in [0.25, 0.3) is 0 Å². The Hall–Kier alpha value is -0.900. The van der Waals surface area contributed by atoms with Gasteiger partial charge >= 0.3 is 0 Å². The highest BCUT2D eigenvalue weighted by atomic mass is 16.5. The summed E-state index contributed by atoms with van der Waals surface area (Å²) in [6.45, 7) is 8.15. The summed E-state index contributed by atoms with van der Waals surface area (Å²) in [6.07, 6.45) is 2.37. The summed E-state index contributed by atoms with van der Waals surface area (Å²) in [5.41, 5.74) is 10.3. The molecule has 0 aromatic heterocycles. The molecule has 0 amide bonds. The van der Waals surface area contributed by atoms with E-state index in [4.69, 9.17) is 10.5 Å². The third-order valence-corrected chi connectivity index (χ3v) is 4.25. The first-order chi connectivity index (χ1) is 9.56. The van der Waals surface area contributed by atoms with Gasteiger partial charge in [0.05, 0.1) is 0 Å². The van der Waals surface area contributed by atoms with Crippen molar-refractivity contribution in [3.63, 3.8) is 0 Å². The van der Waals surface area contributed by atoms with Gasteiger partial charge in [0.2, 0.25) is 0 Å². The summed E-state index contributed by atoms with van der Waals surface area (Å²) >= 11 is 0. The lowest BCUT2D eigenvalue weighted by atomic mass is 9.97. The largest absolute Gasteiger partial charge is 0.381 e. The van der Waals surface area contributed by atoms with Crippen LogP contribution in [0, 0.1) is 19.8 Å². The minimum atomic E-state index is 0.0970. The Balaban J connectivity index is 1.89. The number of ether oxygens (including phenoxy) is 1. The van der Waals surface area contributed by atoms with E-state index in [-0.39, 0.29) is 6.04 Å². The highest BCUT2D eigenvalue weighted by molar-refractivity contribution is 5.32. The highest BCUT2D eigenvalue weighted by Gasteiger charge is 2.18. The molecule has 0 spiro atoms. The molecular formula is C17H28N2O. The topological polar surface area (TPSA) is 38.5 Å². The maximum Gasteiger partial charge on any atom is 0.0469 e. The van der Waals surface area contributed by atoms with Crippen LogP contribution in [0.3, 0.4) is 0 Å². The second-order valence-corrected chi connectivity index (χ2v) is 6.24. The van der Waals surface area contributed by atoms with E-state index in [1.54, 1.807) is 0 Å². The average Bonchev–Trinajstić information content (AvgIpc) is 2.42. The Bertz CT molecular complexity index is 427. The van der Waals surface area contributed by atoms with E-state index in [2.05, 4.69) is 44.0 Å². The van der Waals surface area contributed by atoms with Crippen LogP contribution >= 0.6 is 0 Å². The Labute approximate surface area is 123 Å². The van der Waals surface area contributed by atoms with Crippen molar-refractivity contribution in [2.45, 2.75) is 32.7 Å². The number of aryl methyl sites for hydroxylation is 2. The van der Waals surface area contributed by atoms with Crippen LogP contribution in [-0.2, 0) is 4.74 Å². The van der Waals surface area contributed by atoms with Gasteiger partial charge < -0.3 is 15.4 Å². The molecule has 3 nitrogen and oxygen atoms in total. The lowest BCUT2D eigenvalue weighted by Crippen LogP contribution is -2.35. The van der Waals surface area contributed by atoms with Crippen LogP contribution in [-0.4, -0.2) is 38.3 Å². The third kappa shape index (κ3) is 4.30. The molecule has 1 unspecified atom stereocenters. The van der Waals surface area contributed by atoms with Gasteiger partial charge in [-0.25, -0.2) is 0 Å². The normalized spacial score (nSPS) is 18.4. The van der Waals surface area contributed by atoms with Crippen molar-refractivity contribution in [3.8, 4) is 0 Å². The van der Waals surface area contributed by atoms with E-state index in [9.17, 15) is 0 Å². The second kappa shape index (κ2) is 7.21. The van der Waals surface area contributed by atoms with Gasteiger partial charge in [-0.2, -0.15) is 0 Å². The molecule has 0 aliphatic carbocycles. The molecule has 0 radical (unpaired) electrons. The minimum absolute atomic E-state index is 0.0970. The van der Waals surface area contributed by atoms with Gasteiger partial charge in [-0.3, -0.25) is 0 Å². The zero-order chi connectivity index (χ0) is 14.5. The van der Waals surface area contributed by atoms with Gasteiger partial charge in [0.15, 0.2) is 0 Å². The lowest BCUT2D eigenvalue weighted by Gasteiger charge is -2.29. The van der Waals surface area contributed by atoms with E-state index in [0.717, 1.165) is 32.2 Å². The highest BCUT2D eigenvalue weighted by Crippen LogP contribution is 2.20. The molecule has 1 aromatic rings. The van der Waals surface area contributed by atoms with Crippen LogP contribution in [0.25, 0.3) is 0 Å². The molecule has 3 heteroatoms. The smallest absolute Gasteiger partial charge is 0.0469 e. The lowest BCUT2D eigenvalue weighted by molar-refractivity contribution is 0.0551. The van der Waals surface area contributed by atoms with Crippen molar-refractivity contribution in [2.24, 2.45) is 11.7 Å². The molecule has 1 atom stereocenters. The number of likely N-dealkylation sites (N-methyl/N-ethyl adjacent to an activating group) is 1. The Morgan fingerprint density at radius 1 is 1.30 bits per heavy atom. The zero-order valence-electron chi connectivity index (χ0n) is 13.1. The van der Waals surface area contributed by atoms with Crippen LogP contribution in [0.2, 0.25) is 0 Å². The molecule has 2 N–H and O–H groups in total. The van der Waals surface area contributed by atoms with Gasteiger partial charge in [-0.1, -0.05) is 23.8 Å². The molecule has 1 heterocycles. The van der Waals surface area contributed by atoms with Gasteiger partial charge in [-0.15, -0.1) is 0 Å². The Kier molecular flexibility index (Phi) is 5.58. The number of hydrogen-bond donors (Lipinski definition) is 1. The van der Waals surface area contributed by atoms with E-state index >= 15 is 0 Å². The summed E-state index contributed by atoms with van der Waals surface area (Å²) in [6, 6.07) is 6.64. The first-order valence-electron chi connectivity index (χ1n) is 7.65. The number of nitrogens with zero attached hydrogens (tertiary/aromatic N) is 1. The van der Waals surface area contributed by atoms with Crippen LogP contribution in [0.5, 0.6) is 0 Å².